The molecule has 0 aromatic heterocycles. The smallest absolute Gasteiger partial charge is 0.207 e. The number of hydrogen-bond donors (Lipinski definition) is 0. The van der Waals surface area contributed by atoms with Crippen molar-refractivity contribution in [1.29, 1.82) is 0 Å². The molecule has 1 fully saturated rings. The molecule has 1 aliphatic rings. The number of piperazine rings is 1. The van der Waals surface area contributed by atoms with E-state index >= 15 is 0 Å². The summed E-state index contributed by atoms with van der Waals surface area (Å²) in [6.07, 6.45) is 0. The molecule has 0 saturated carbocycles. The van der Waals surface area contributed by atoms with Gasteiger partial charge >= 0.3 is 0 Å². The minimum absolute atomic E-state index is 0.0653. The lowest BCUT2D eigenvalue weighted by atomic mass is 10.2. The molecule has 1 heterocycles. The molecule has 29 heavy (non-hydrogen) atoms. The standard InChI is InChI=1S/C19H22Cl2N2O4S2/c1-13-10-16(4-6-18(13)20)28(24,25)22-8-9-23(15(3)12-22)29(26,27)17-5-7-19(21)14(2)11-17/h4-7,10-11,15H,8-9,12H2,1-3H3. The molecule has 1 atom stereocenters. The van der Waals surface area contributed by atoms with Crippen LogP contribution in [-0.4, -0.2) is 51.1 Å². The highest BCUT2D eigenvalue weighted by molar-refractivity contribution is 7.89. The molecule has 3 rings (SSSR count). The van der Waals surface area contributed by atoms with E-state index in [1.54, 1.807) is 32.9 Å². The van der Waals surface area contributed by atoms with E-state index in [-0.39, 0.29) is 29.4 Å². The minimum Gasteiger partial charge on any atom is -0.207 e. The number of benzene rings is 2. The highest BCUT2D eigenvalue weighted by Crippen LogP contribution is 2.28. The van der Waals surface area contributed by atoms with E-state index in [9.17, 15) is 16.8 Å². The molecule has 0 N–H and O–H groups in total. The Hall–Kier alpha value is -1.16. The van der Waals surface area contributed by atoms with E-state index in [1.165, 1.54) is 32.9 Å². The molecular formula is C19H22Cl2N2O4S2. The van der Waals surface area contributed by atoms with Gasteiger partial charge in [-0.25, -0.2) is 16.8 Å². The maximum atomic E-state index is 13.1. The fraction of sp³-hybridized carbons (Fsp3) is 0.368. The van der Waals surface area contributed by atoms with Gasteiger partial charge in [-0.1, -0.05) is 23.2 Å². The molecule has 0 amide bonds. The molecule has 6 nitrogen and oxygen atoms in total. The molecule has 2 aromatic rings. The van der Waals surface area contributed by atoms with E-state index in [2.05, 4.69) is 0 Å². The summed E-state index contributed by atoms with van der Waals surface area (Å²) in [6, 6.07) is 8.58. The Morgan fingerprint density at radius 3 is 1.76 bits per heavy atom. The van der Waals surface area contributed by atoms with Crippen LogP contribution in [0.3, 0.4) is 0 Å². The lowest BCUT2D eigenvalue weighted by Crippen LogP contribution is -2.55. The molecule has 1 unspecified atom stereocenters. The van der Waals surface area contributed by atoms with E-state index in [0.717, 1.165) is 0 Å². The van der Waals surface area contributed by atoms with Crippen LogP contribution < -0.4 is 0 Å². The van der Waals surface area contributed by atoms with Crippen LogP contribution >= 0.6 is 23.2 Å². The maximum Gasteiger partial charge on any atom is 0.243 e. The largest absolute Gasteiger partial charge is 0.243 e. The van der Waals surface area contributed by atoms with Crippen molar-refractivity contribution in [2.24, 2.45) is 0 Å². The van der Waals surface area contributed by atoms with Crippen molar-refractivity contribution < 1.29 is 16.8 Å². The normalized spacial score (nSPS) is 19.4. The summed E-state index contributed by atoms with van der Waals surface area (Å²) in [5.41, 5.74) is 1.33. The van der Waals surface area contributed by atoms with Gasteiger partial charge in [-0.2, -0.15) is 8.61 Å². The zero-order valence-corrected chi connectivity index (χ0v) is 19.4. The van der Waals surface area contributed by atoms with Gasteiger partial charge in [-0.05, 0) is 68.3 Å². The number of hydrogen-bond acceptors (Lipinski definition) is 4. The summed E-state index contributed by atoms with van der Waals surface area (Å²) in [5.74, 6) is 0. The van der Waals surface area contributed by atoms with E-state index in [0.29, 0.717) is 21.2 Å². The lowest BCUT2D eigenvalue weighted by molar-refractivity contribution is 0.212. The van der Waals surface area contributed by atoms with Gasteiger partial charge in [0, 0.05) is 35.7 Å². The molecule has 1 aliphatic heterocycles. The minimum atomic E-state index is -3.76. The molecule has 0 bridgehead atoms. The Morgan fingerprint density at radius 1 is 0.828 bits per heavy atom. The second kappa shape index (κ2) is 8.17. The van der Waals surface area contributed by atoms with Crippen LogP contribution in [0.25, 0.3) is 0 Å². The Morgan fingerprint density at radius 2 is 1.31 bits per heavy atom. The van der Waals surface area contributed by atoms with Gasteiger partial charge < -0.3 is 0 Å². The molecular weight excluding hydrogens is 455 g/mol. The number of sulfonamides is 2. The first kappa shape index (κ1) is 22.5. The molecule has 1 saturated heterocycles. The summed E-state index contributed by atoms with van der Waals surface area (Å²) < 4.78 is 54.8. The van der Waals surface area contributed by atoms with Gasteiger partial charge in [0.1, 0.15) is 0 Å². The Balaban J connectivity index is 1.84. The quantitative estimate of drug-likeness (QED) is 0.673. The van der Waals surface area contributed by atoms with Gasteiger partial charge in [0.05, 0.1) is 9.79 Å². The maximum absolute atomic E-state index is 13.1. The van der Waals surface area contributed by atoms with Crippen LogP contribution in [0.5, 0.6) is 0 Å². The van der Waals surface area contributed by atoms with Crippen molar-refractivity contribution in [2.75, 3.05) is 19.6 Å². The number of halogens is 2. The Bertz CT molecular complexity index is 1150. The van der Waals surface area contributed by atoms with Gasteiger partial charge in [0.2, 0.25) is 20.0 Å². The first-order valence-corrected chi connectivity index (χ1v) is 12.6. The Kier molecular flexibility index (Phi) is 6.34. The average molecular weight is 477 g/mol. The van der Waals surface area contributed by atoms with E-state index < -0.39 is 26.1 Å². The summed E-state index contributed by atoms with van der Waals surface area (Å²) in [5, 5.41) is 0.984. The van der Waals surface area contributed by atoms with E-state index in [1.807, 2.05) is 0 Å². The summed E-state index contributed by atoms with van der Waals surface area (Å²) in [4.78, 5) is 0.298. The topological polar surface area (TPSA) is 74.8 Å². The molecule has 158 valence electrons. The number of nitrogens with zero attached hydrogens (tertiary/aromatic N) is 2. The molecule has 0 spiro atoms. The van der Waals surface area contributed by atoms with Crippen molar-refractivity contribution in [3.05, 3.63) is 57.6 Å². The zero-order chi connectivity index (χ0) is 21.6. The van der Waals surface area contributed by atoms with Crippen LogP contribution in [0, 0.1) is 13.8 Å². The van der Waals surface area contributed by atoms with Crippen molar-refractivity contribution in [3.8, 4) is 0 Å². The number of aryl methyl sites for hydroxylation is 2. The third kappa shape index (κ3) is 4.33. The molecule has 0 radical (unpaired) electrons. The van der Waals surface area contributed by atoms with Crippen LogP contribution in [0.15, 0.2) is 46.2 Å². The molecule has 10 heteroatoms. The average Bonchev–Trinajstić information content (AvgIpc) is 2.65. The Labute approximate surface area is 182 Å². The first-order valence-electron chi connectivity index (χ1n) is 8.99. The molecule has 2 aromatic carbocycles. The fourth-order valence-corrected chi connectivity index (χ4v) is 6.85. The number of rotatable bonds is 4. The van der Waals surface area contributed by atoms with Gasteiger partial charge in [0.25, 0.3) is 0 Å². The third-order valence-electron chi connectivity index (χ3n) is 5.03. The van der Waals surface area contributed by atoms with Crippen molar-refractivity contribution >= 4 is 43.2 Å². The highest BCUT2D eigenvalue weighted by Gasteiger charge is 2.38. The SMILES string of the molecule is Cc1cc(S(=O)(=O)N2CCN(S(=O)(=O)c3ccc(Cl)c(C)c3)C(C)C2)ccc1Cl. The monoisotopic (exact) mass is 476 g/mol. The second-order valence-electron chi connectivity index (χ2n) is 7.15. The summed E-state index contributed by atoms with van der Waals surface area (Å²) >= 11 is 12.0. The van der Waals surface area contributed by atoms with Gasteiger partial charge in [0.15, 0.2) is 0 Å². The summed E-state index contributed by atoms with van der Waals surface area (Å²) in [6.45, 7) is 5.38. The van der Waals surface area contributed by atoms with Crippen LogP contribution in [0.2, 0.25) is 10.0 Å². The summed E-state index contributed by atoms with van der Waals surface area (Å²) in [7, 11) is -7.50. The first-order chi connectivity index (χ1) is 13.4. The zero-order valence-electron chi connectivity index (χ0n) is 16.3. The van der Waals surface area contributed by atoms with Crippen LogP contribution in [0.1, 0.15) is 18.1 Å². The molecule has 0 aliphatic carbocycles. The van der Waals surface area contributed by atoms with Crippen molar-refractivity contribution in [3.63, 3.8) is 0 Å². The predicted octanol–water partition coefficient (Wildman–Crippen LogP) is 3.69. The lowest BCUT2D eigenvalue weighted by Gasteiger charge is -2.38. The van der Waals surface area contributed by atoms with Gasteiger partial charge in [-0.15, -0.1) is 0 Å². The van der Waals surface area contributed by atoms with Gasteiger partial charge in [-0.3, -0.25) is 0 Å². The van der Waals surface area contributed by atoms with Crippen molar-refractivity contribution in [2.45, 2.75) is 36.6 Å². The third-order valence-corrected chi connectivity index (χ3v) is 9.75. The van der Waals surface area contributed by atoms with Crippen molar-refractivity contribution in [1.82, 2.24) is 8.61 Å². The fourth-order valence-electron chi connectivity index (χ4n) is 3.32. The van der Waals surface area contributed by atoms with E-state index in [4.69, 9.17) is 23.2 Å². The second-order valence-corrected chi connectivity index (χ2v) is 11.8. The highest BCUT2D eigenvalue weighted by atomic mass is 35.5. The predicted molar refractivity (Wildman–Crippen MR) is 114 cm³/mol. The van der Waals surface area contributed by atoms with Crippen LogP contribution in [-0.2, 0) is 20.0 Å². The van der Waals surface area contributed by atoms with Crippen LogP contribution in [0.4, 0.5) is 0 Å².